The molecular weight excluding hydrogens is 294 g/mol. The quantitative estimate of drug-likeness (QED) is 0.717. The maximum atomic E-state index is 6.36. The molecule has 2 heterocycles. The van der Waals surface area contributed by atoms with Gasteiger partial charge >= 0.3 is 0 Å². The summed E-state index contributed by atoms with van der Waals surface area (Å²) in [5.74, 6) is 1.07. The van der Waals surface area contributed by atoms with Crippen LogP contribution in [0, 0.1) is 0 Å². The summed E-state index contributed by atoms with van der Waals surface area (Å²) in [6, 6.07) is 16.4. The van der Waals surface area contributed by atoms with Gasteiger partial charge in [0, 0.05) is 18.1 Å². The first-order chi connectivity index (χ1) is 10.8. The van der Waals surface area contributed by atoms with Gasteiger partial charge in [-0.05, 0) is 36.6 Å². The van der Waals surface area contributed by atoms with Crippen molar-refractivity contribution in [2.24, 2.45) is 0 Å². The van der Waals surface area contributed by atoms with Gasteiger partial charge < -0.3 is 9.47 Å². The highest BCUT2D eigenvalue weighted by Crippen LogP contribution is 2.28. The van der Waals surface area contributed by atoms with Crippen molar-refractivity contribution in [3.63, 3.8) is 0 Å². The third kappa shape index (κ3) is 2.35. The number of halogens is 1. The molecule has 3 aromatic rings. The minimum absolute atomic E-state index is 0.756. The molecule has 3 nitrogen and oxygen atoms in total. The molecule has 112 valence electrons. The van der Waals surface area contributed by atoms with Crippen molar-refractivity contribution in [2.75, 3.05) is 18.0 Å². The zero-order valence-electron chi connectivity index (χ0n) is 12.4. The standard InChI is InChI=1S/C18H18ClN3/c19-15-8-2-1-7-14(15)13-22-17-10-4-3-9-16(17)20-18(22)21-11-5-6-12-21/h1-4,7-10H,5-6,11-13H2. The van der Waals surface area contributed by atoms with Crippen LogP contribution in [0.1, 0.15) is 18.4 Å². The van der Waals surface area contributed by atoms with Gasteiger partial charge in [-0.1, -0.05) is 41.9 Å². The lowest BCUT2D eigenvalue weighted by Crippen LogP contribution is -2.22. The summed E-state index contributed by atoms with van der Waals surface area (Å²) in [5.41, 5.74) is 3.36. The maximum absolute atomic E-state index is 6.36. The van der Waals surface area contributed by atoms with E-state index in [-0.39, 0.29) is 0 Å². The number of para-hydroxylation sites is 2. The molecule has 0 aliphatic carbocycles. The zero-order chi connectivity index (χ0) is 14.9. The van der Waals surface area contributed by atoms with Gasteiger partial charge in [0.25, 0.3) is 0 Å². The van der Waals surface area contributed by atoms with Gasteiger partial charge in [-0.25, -0.2) is 4.98 Å². The molecule has 1 aliphatic heterocycles. The average Bonchev–Trinajstić information content (AvgIpc) is 3.17. The molecule has 0 N–H and O–H groups in total. The van der Waals surface area contributed by atoms with Crippen LogP contribution in [0.15, 0.2) is 48.5 Å². The number of imidazole rings is 1. The lowest BCUT2D eigenvalue weighted by molar-refractivity contribution is 0.776. The van der Waals surface area contributed by atoms with Crippen LogP contribution in [0.5, 0.6) is 0 Å². The summed E-state index contributed by atoms with van der Waals surface area (Å²) in [5, 5.41) is 0.813. The van der Waals surface area contributed by atoms with Gasteiger partial charge in [-0.3, -0.25) is 0 Å². The van der Waals surface area contributed by atoms with Crippen LogP contribution in [0.3, 0.4) is 0 Å². The summed E-state index contributed by atoms with van der Waals surface area (Å²) in [7, 11) is 0. The van der Waals surface area contributed by atoms with E-state index in [1.807, 2.05) is 24.3 Å². The topological polar surface area (TPSA) is 21.1 Å². The largest absolute Gasteiger partial charge is 0.342 e. The molecule has 0 bridgehead atoms. The molecule has 1 aromatic heterocycles. The number of nitrogens with zero attached hydrogens (tertiary/aromatic N) is 3. The number of hydrogen-bond donors (Lipinski definition) is 0. The number of rotatable bonds is 3. The Kier molecular flexibility index (Phi) is 3.51. The van der Waals surface area contributed by atoms with Crippen LogP contribution in [-0.4, -0.2) is 22.6 Å². The van der Waals surface area contributed by atoms with Gasteiger partial charge in [0.2, 0.25) is 5.95 Å². The van der Waals surface area contributed by atoms with E-state index in [2.05, 4.69) is 33.7 Å². The number of benzene rings is 2. The third-order valence-electron chi connectivity index (χ3n) is 4.31. The summed E-state index contributed by atoms with van der Waals surface area (Å²) < 4.78 is 2.29. The molecule has 0 unspecified atom stereocenters. The Morgan fingerprint density at radius 2 is 1.68 bits per heavy atom. The molecule has 1 fully saturated rings. The van der Waals surface area contributed by atoms with E-state index in [0.29, 0.717) is 0 Å². The number of aromatic nitrogens is 2. The highest BCUT2D eigenvalue weighted by Gasteiger charge is 2.20. The fraction of sp³-hybridized carbons (Fsp3) is 0.278. The van der Waals surface area contributed by atoms with Crippen LogP contribution in [-0.2, 0) is 6.54 Å². The molecule has 1 aliphatic rings. The third-order valence-corrected chi connectivity index (χ3v) is 4.68. The first kappa shape index (κ1) is 13.6. The molecule has 0 atom stereocenters. The monoisotopic (exact) mass is 311 g/mol. The summed E-state index contributed by atoms with van der Waals surface area (Å²) >= 11 is 6.36. The second-order valence-electron chi connectivity index (χ2n) is 5.77. The lowest BCUT2D eigenvalue weighted by atomic mass is 10.2. The van der Waals surface area contributed by atoms with Gasteiger partial charge in [0.05, 0.1) is 17.6 Å². The van der Waals surface area contributed by atoms with E-state index < -0.39 is 0 Å². The summed E-state index contributed by atoms with van der Waals surface area (Å²) in [6.07, 6.45) is 2.49. The highest BCUT2D eigenvalue weighted by molar-refractivity contribution is 6.31. The normalized spacial score (nSPS) is 14.9. The van der Waals surface area contributed by atoms with Gasteiger partial charge in [-0.2, -0.15) is 0 Å². The Labute approximate surface area is 135 Å². The van der Waals surface area contributed by atoms with E-state index in [1.54, 1.807) is 0 Å². The SMILES string of the molecule is Clc1ccccc1Cn1c(N2CCCC2)nc2ccccc21. The number of anilines is 1. The molecular formula is C18H18ClN3. The van der Waals surface area contributed by atoms with Crippen molar-refractivity contribution in [3.8, 4) is 0 Å². The molecule has 0 saturated carbocycles. The van der Waals surface area contributed by atoms with Crippen molar-refractivity contribution in [1.29, 1.82) is 0 Å². The van der Waals surface area contributed by atoms with Crippen LogP contribution in [0.4, 0.5) is 5.95 Å². The van der Waals surface area contributed by atoms with Crippen molar-refractivity contribution in [3.05, 3.63) is 59.1 Å². The summed E-state index contributed by atoms with van der Waals surface area (Å²) in [4.78, 5) is 7.25. The van der Waals surface area contributed by atoms with E-state index in [1.165, 1.54) is 18.4 Å². The van der Waals surface area contributed by atoms with Gasteiger partial charge in [0.1, 0.15) is 0 Å². The fourth-order valence-corrected chi connectivity index (χ4v) is 3.37. The predicted molar refractivity (Wildman–Crippen MR) is 91.7 cm³/mol. The van der Waals surface area contributed by atoms with E-state index in [0.717, 1.165) is 41.7 Å². The zero-order valence-corrected chi connectivity index (χ0v) is 13.1. The second-order valence-corrected chi connectivity index (χ2v) is 6.18. The number of fused-ring (bicyclic) bond motifs is 1. The van der Waals surface area contributed by atoms with Crippen LogP contribution >= 0.6 is 11.6 Å². The molecule has 4 heteroatoms. The first-order valence-electron chi connectivity index (χ1n) is 7.76. The average molecular weight is 312 g/mol. The molecule has 22 heavy (non-hydrogen) atoms. The molecule has 0 radical (unpaired) electrons. The summed E-state index contributed by atoms with van der Waals surface area (Å²) in [6.45, 7) is 2.93. The predicted octanol–water partition coefficient (Wildman–Crippen LogP) is 4.34. The van der Waals surface area contributed by atoms with Crippen molar-refractivity contribution in [2.45, 2.75) is 19.4 Å². The molecule has 4 rings (SSSR count). The first-order valence-corrected chi connectivity index (χ1v) is 8.14. The maximum Gasteiger partial charge on any atom is 0.206 e. The molecule has 1 saturated heterocycles. The minimum Gasteiger partial charge on any atom is -0.342 e. The second kappa shape index (κ2) is 5.65. The molecule has 0 spiro atoms. The van der Waals surface area contributed by atoms with Gasteiger partial charge in [-0.15, -0.1) is 0 Å². The van der Waals surface area contributed by atoms with Crippen LogP contribution in [0.2, 0.25) is 5.02 Å². The Hall–Kier alpha value is -2.00. The molecule has 2 aromatic carbocycles. The lowest BCUT2D eigenvalue weighted by Gasteiger charge is -2.19. The van der Waals surface area contributed by atoms with E-state index >= 15 is 0 Å². The highest BCUT2D eigenvalue weighted by atomic mass is 35.5. The van der Waals surface area contributed by atoms with Crippen molar-refractivity contribution < 1.29 is 0 Å². The Morgan fingerprint density at radius 3 is 2.50 bits per heavy atom. The number of hydrogen-bond acceptors (Lipinski definition) is 2. The fourth-order valence-electron chi connectivity index (χ4n) is 3.17. The smallest absolute Gasteiger partial charge is 0.206 e. The minimum atomic E-state index is 0.756. The van der Waals surface area contributed by atoms with Crippen LogP contribution < -0.4 is 4.90 Å². The van der Waals surface area contributed by atoms with E-state index in [9.17, 15) is 0 Å². The molecule has 0 amide bonds. The van der Waals surface area contributed by atoms with Crippen molar-refractivity contribution in [1.82, 2.24) is 9.55 Å². The Balaban J connectivity index is 1.83. The van der Waals surface area contributed by atoms with Crippen molar-refractivity contribution >= 4 is 28.6 Å². The van der Waals surface area contributed by atoms with Crippen LogP contribution in [0.25, 0.3) is 11.0 Å². The van der Waals surface area contributed by atoms with E-state index in [4.69, 9.17) is 16.6 Å². The van der Waals surface area contributed by atoms with Gasteiger partial charge in [0.15, 0.2) is 0 Å². The Bertz CT molecular complexity index is 803. The Morgan fingerprint density at radius 1 is 0.955 bits per heavy atom.